The van der Waals surface area contributed by atoms with Crippen molar-refractivity contribution in [2.45, 2.75) is 20.4 Å². The van der Waals surface area contributed by atoms with Crippen molar-refractivity contribution in [1.82, 2.24) is 9.71 Å². The van der Waals surface area contributed by atoms with Crippen LogP contribution in [0, 0.1) is 18.3 Å². The Balaban J connectivity index is 2.04. The predicted molar refractivity (Wildman–Crippen MR) is 123 cm³/mol. The minimum atomic E-state index is -3.73. The Bertz CT molecular complexity index is 1320. The lowest BCUT2D eigenvalue weighted by molar-refractivity contribution is 0.0975. The van der Waals surface area contributed by atoms with Crippen LogP contribution in [0.15, 0.2) is 48.5 Å². The van der Waals surface area contributed by atoms with Gasteiger partial charge in [0.15, 0.2) is 10.9 Å². The SMILES string of the molecule is CC(=O)c1cccc(CN(c2ccc(C#N)cc2)c2nc(C(=O)NS(C)(=O)=O)c(C)s2)c1. The number of nitriles is 1. The van der Waals surface area contributed by atoms with Gasteiger partial charge in [-0.05, 0) is 49.7 Å². The third-order valence-corrected chi connectivity index (χ3v) is 6.04. The lowest BCUT2D eigenvalue weighted by atomic mass is 10.1. The zero-order valence-corrected chi connectivity index (χ0v) is 19.3. The first-order valence-electron chi connectivity index (χ1n) is 9.44. The molecule has 32 heavy (non-hydrogen) atoms. The van der Waals surface area contributed by atoms with Crippen molar-refractivity contribution in [3.63, 3.8) is 0 Å². The fourth-order valence-electron chi connectivity index (χ4n) is 2.98. The number of carbonyl (C=O) groups excluding carboxylic acids is 2. The predicted octanol–water partition coefficient (Wildman–Crippen LogP) is 3.55. The van der Waals surface area contributed by atoms with E-state index >= 15 is 0 Å². The summed E-state index contributed by atoms with van der Waals surface area (Å²) >= 11 is 1.24. The van der Waals surface area contributed by atoms with Crippen LogP contribution in [0.2, 0.25) is 0 Å². The molecular weight excluding hydrogens is 448 g/mol. The van der Waals surface area contributed by atoms with E-state index in [2.05, 4.69) is 11.1 Å². The standard InChI is InChI=1S/C22H20N4O4S2/c1-14(27)18-6-4-5-17(11-18)13-26(19-9-7-16(12-23)8-10-19)22-24-20(15(2)31-22)21(28)25-32(3,29)30/h4-11H,13H2,1-3H3,(H,25,28). The fraction of sp³-hybridized carbons (Fsp3) is 0.182. The number of aromatic nitrogens is 1. The molecule has 3 aromatic rings. The summed E-state index contributed by atoms with van der Waals surface area (Å²) in [6.07, 6.45) is 0.901. The summed E-state index contributed by atoms with van der Waals surface area (Å²) in [5, 5.41) is 9.57. The summed E-state index contributed by atoms with van der Waals surface area (Å²) in [5.74, 6) is -0.854. The maximum Gasteiger partial charge on any atom is 0.284 e. The first-order valence-corrected chi connectivity index (χ1v) is 12.2. The Morgan fingerprint density at radius 1 is 1.19 bits per heavy atom. The highest BCUT2D eigenvalue weighted by molar-refractivity contribution is 7.89. The molecule has 0 unspecified atom stereocenters. The second-order valence-electron chi connectivity index (χ2n) is 7.11. The van der Waals surface area contributed by atoms with Gasteiger partial charge >= 0.3 is 0 Å². The Morgan fingerprint density at radius 2 is 1.88 bits per heavy atom. The monoisotopic (exact) mass is 468 g/mol. The first kappa shape index (κ1) is 23.1. The molecule has 0 saturated heterocycles. The number of thiazole rings is 1. The number of benzene rings is 2. The summed E-state index contributed by atoms with van der Waals surface area (Å²) < 4.78 is 24.9. The molecule has 0 fully saturated rings. The number of anilines is 2. The summed E-state index contributed by atoms with van der Waals surface area (Å²) in [4.78, 5) is 31.0. The van der Waals surface area contributed by atoms with Crippen LogP contribution in [0.25, 0.3) is 0 Å². The third kappa shape index (κ3) is 5.57. The van der Waals surface area contributed by atoms with Gasteiger partial charge in [-0.15, -0.1) is 11.3 Å². The van der Waals surface area contributed by atoms with Gasteiger partial charge in [0.05, 0.1) is 24.4 Å². The minimum Gasteiger partial charge on any atom is -0.313 e. The maximum absolute atomic E-state index is 12.4. The topological polar surface area (TPSA) is 120 Å². The Hall–Kier alpha value is -3.55. The molecule has 0 aliphatic heterocycles. The second kappa shape index (κ2) is 9.30. The van der Waals surface area contributed by atoms with Crippen LogP contribution in [0.5, 0.6) is 0 Å². The molecule has 2 aromatic carbocycles. The van der Waals surface area contributed by atoms with Crippen molar-refractivity contribution in [3.05, 3.63) is 75.8 Å². The van der Waals surface area contributed by atoms with Gasteiger partial charge in [0.1, 0.15) is 5.69 Å². The molecular formula is C22H20N4O4S2. The van der Waals surface area contributed by atoms with Gasteiger partial charge in [0.25, 0.3) is 5.91 Å². The second-order valence-corrected chi connectivity index (χ2v) is 10.0. The van der Waals surface area contributed by atoms with Crippen molar-refractivity contribution < 1.29 is 18.0 Å². The number of rotatable bonds is 7. The molecule has 0 radical (unpaired) electrons. The number of hydrogen-bond acceptors (Lipinski definition) is 8. The van der Waals surface area contributed by atoms with E-state index in [0.717, 1.165) is 17.5 Å². The molecule has 0 aliphatic carbocycles. The van der Waals surface area contributed by atoms with Gasteiger partial charge in [-0.2, -0.15) is 5.26 Å². The van der Waals surface area contributed by atoms with Crippen LogP contribution in [0.1, 0.15) is 43.8 Å². The van der Waals surface area contributed by atoms with E-state index in [4.69, 9.17) is 5.26 Å². The molecule has 1 N–H and O–H groups in total. The number of Topliss-reactive ketones (excluding diaryl/α,β-unsaturated/α-hetero) is 1. The Labute approximate surface area is 190 Å². The van der Waals surface area contributed by atoms with Crippen molar-refractivity contribution >= 4 is 43.9 Å². The number of carbonyl (C=O) groups is 2. The van der Waals surface area contributed by atoms with Crippen molar-refractivity contribution in [2.75, 3.05) is 11.2 Å². The molecule has 1 heterocycles. The van der Waals surface area contributed by atoms with Crippen LogP contribution in [0.3, 0.4) is 0 Å². The minimum absolute atomic E-state index is 0.0200. The smallest absolute Gasteiger partial charge is 0.284 e. The van der Waals surface area contributed by atoms with Crippen molar-refractivity contribution in [3.8, 4) is 6.07 Å². The lowest BCUT2D eigenvalue weighted by Gasteiger charge is -2.22. The molecule has 8 nitrogen and oxygen atoms in total. The third-order valence-electron chi connectivity index (χ3n) is 4.49. The number of aryl methyl sites for hydroxylation is 1. The number of hydrogen-bond donors (Lipinski definition) is 1. The van der Waals surface area contributed by atoms with Crippen molar-refractivity contribution in [2.24, 2.45) is 0 Å². The Morgan fingerprint density at radius 3 is 2.47 bits per heavy atom. The van der Waals surface area contributed by atoms with E-state index in [1.54, 1.807) is 49.4 Å². The number of amides is 1. The Kier molecular flexibility index (Phi) is 6.72. The molecule has 1 amide bonds. The molecule has 0 spiro atoms. The molecule has 0 atom stereocenters. The highest BCUT2D eigenvalue weighted by Gasteiger charge is 2.22. The van der Waals surface area contributed by atoms with Gasteiger partial charge in [-0.1, -0.05) is 18.2 Å². The van der Waals surface area contributed by atoms with E-state index < -0.39 is 15.9 Å². The molecule has 1 aromatic heterocycles. The fourth-order valence-corrected chi connectivity index (χ4v) is 4.34. The number of ketones is 1. The van der Waals surface area contributed by atoms with Gasteiger partial charge < -0.3 is 4.90 Å². The molecule has 3 rings (SSSR count). The number of sulfonamides is 1. The van der Waals surface area contributed by atoms with Crippen LogP contribution < -0.4 is 9.62 Å². The number of nitrogens with one attached hydrogen (secondary N) is 1. The molecule has 164 valence electrons. The highest BCUT2D eigenvalue weighted by Crippen LogP contribution is 2.33. The molecule has 0 saturated carbocycles. The van der Waals surface area contributed by atoms with E-state index in [1.807, 2.05) is 15.7 Å². The maximum atomic E-state index is 12.4. The van der Waals surface area contributed by atoms with Crippen LogP contribution in [0.4, 0.5) is 10.8 Å². The summed E-state index contributed by atoms with van der Waals surface area (Å²) in [6.45, 7) is 3.52. The zero-order valence-electron chi connectivity index (χ0n) is 17.6. The van der Waals surface area contributed by atoms with Crippen molar-refractivity contribution in [1.29, 1.82) is 5.26 Å². The normalized spacial score (nSPS) is 10.9. The van der Waals surface area contributed by atoms with Gasteiger partial charge in [0.2, 0.25) is 10.0 Å². The average Bonchev–Trinajstić information content (AvgIpc) is 3.12. The van der Waals surface area contributed by atoms with E-state index in [-0.39, 0.29) is 11.5 Å². The summed E-state index contributed by atoms with van der Waals surface area (Å²) in [5.41, 5.74) is 2.66. The summed E-state index contributed by atoms with van der Waals surface area (Å²) in [7, 11) is -3.73. The van der Waals surface area contributed by atoms with E-state index in [0.29, 0.717) is 27.7 Å². The molecule has 0 aliphatic rings. The highest BCUT2D eigenvalue weighted by atomic mass is 32.2. The largest absolute Gasteiger partial charge is 0.313 e. The average molecular weight is 469 g/mol. The van der Waals surface area contributed by atoms with Crippen LogP contribution >= 0.6 is 11.3 Å². The van der Waals surface area contributed by atoms with Crippen LogP contribution in [-0.4, -0.2) is 31.3 Å². The zero-order chi connectivity index (χ0) is 23.5. The number of nitrogens with zero attached hydrogens (tertiary/aromatic N) is 3. The van der Waals surface area contributed by atoms with E-state index in [1.165, 1.54) is 18.3 Å². The van der Waals surface area contributed by atoms with Gasteiger partial charge in [0, 0.05) is 16.1 Å². The first-order chi connectivity index (χ1) is 15.1. The summed E-state index contributed by atoms with van der Waals surface area (Å²) in [6, 6.07) is 16.1. The molecule has 10 heteroatoms. The van der Waals surface area contributed by atoms with Crippen LogP contribution in [-0.2, 0) is 16.6 Å². The quantitative estimate of drug-likeness (QED) is 0.526. The van der Waals surface area contributed by atoms with Gasteiger partial charge in [-0.25, -0.2) is 18.1 Å². The van der Waals surface area contributed by atoms with Gasteiger partial charge in [-0.3, -0.25) is 9.59 Å². The van der Waals surface area contributed by atoms with E-state index in [9.17, 15) is 18.0 Å². The lowest BCUT2D eigenvalue weighted by Crippen LogP contribution is -2.30. The molecule has 0 bridgehead atoms.